The second kappa shape index (κ2) is 4.91. The molecule has 2 aliphatic heterocycles. The van der Waals surface area contributed by atoms with Crippen LogP contribution < -0.4 is 4.90 Å². The lowest BCUT2D eigenvalue weighted by molar-refractivity contribution is 0.126. The Morgan fingerprint density at radius 1 is 1.26 bits per heavy atom. The van der Waals surface area contributed by atoms with Crippen LogP contribution in [0, 0.1) is 0 Å². The minimum absolute atomic E-state index is 0.157. The SMILES string of the molecule is CC(C)c1nc(Cl)cc(N2C3CCC2CC(O)C3)n1. The van der Waals surface area contributed by atoms with Crippen LogP contribution in [0.15, 0.2) is 6.07 Å². The van der Waals surface area contributed by atoms with E-state index in [1.807, 2.05) is 6.07 Å². The molecule has 2 fully saturated rings. The van der Waals surface area contributed by atoms with Gasteiger partial charge in [-0.3, -0.25) is 0 Å². The molecule has 2 unspecified atom stereocenters. The standard InChI is InChI=1S/C14H20ClN3O/c1-8(2)14-16-12(15)7-13(17-14)18-9-3-4-10(18)6-11(19)5-9/h7-11,19H,3-6H2,1-2H3. The highest BCUT2D eigenvalue weighted by Gasteiger charge is 2.41. The Kier molecular flexibility index (Phi) is 3.39. The molecule has 3 rings (SSSR count). The van der Waals surface area contributed by atoms with Crippen LogP contribution in [0.4, 0.5) is 5.82 Å². The highest BCUT2D eigenvalue weighted by Crippen LogP contribution is 2.39. The summed E-state index contributed by atoms with van der Waals surface area (Å²) in [6, 6.07) is 2.66. The van der Waals surface area contributed by atoms with Gasteiger partial charge in [0.15, 0.2) is 0 Å². The van der Waals surface area contributed by atoms with Gasteiger partial charge < -0.3 is 10.0 Å². The Labute approximate surface area is 118 Å². The minimum atomic E-state index is -0.157. The molecule has 5 heteroatoms. The first-order chi connectivity index (χ1) is 9.04. The molecule has 0 aromatic carbocycles. The van der Waals surface area contributed by atoms with Crippen molar-refractivity contribution in [3.05, 3.63) is 17.0 Å². The van der Waals surface area contributed by atoms with Gasteiger partial charge in [0.25, 0.3) is 0 Å². The maximum atomic E-state index is 9.87. The number of aliphatic hydroxyl groups excluding tert-OH is 1. The summed E-state index contributed by atoms with van der Waals surface area (Å²) in [5, 5.41) is 10.4. The number of aromatic nitrogens is 2. The summed E-state index contributed by atoms with van der Waals surface area (Å²) >= 11 is 6.13. The summed E-state index contributed by atoms with van der Waals surface area (Å²) < 4.78 is 0. The van der Waals surface area contributed by atoms with E-state index < -0.39 is 0 Å². The van der Waals surface area contributed by atoms with Crippen molar-refractivity contribution in [3.8, 4) is 0 Å². The van der Waals surface area contributed by atoms with Crippen LogP contribution in [0.3, 0.4) is 0 Å². The van der Waals surface area contributed by atoms with Gasteiger partial charge in [0, 0.05) is 24.1 Å². The summed E-state index contributed by atoms with van der Waals surface area (Å²) in [6.07, 6.45) is 3.81. The summed E-state index contributed by atoms with van der Waals surface area (Å²) in [5.41, 5.74) is 0. The summed E-state index contributed by atoms with van der Waals surface area (Å²) in [7, 11) is 0. The third-order valence-corrected chi connectivity index (χ3v) is 4.38. The molecule has 1 aromatic heterocycles. The summed E-state index contributed by atoms with van der Waals surface area (Å²) in [5.74, 6) is 2.00. The topological polar surface area (TPSA) is 49.2 Å². The van der Waals surface area contributed by atoms with Crippen molar-refractivity contribution in [3.63, 3.8) is 0 Å². The van der Waals surface area contributed by atoms with Crippen molar-refractivity contribution < 1.29 is 5.11 Å². The minimum Gasteiger partial charge on any atom is -0.393 e. The smallest absolute Gasteiger partial charge is 0.135 e. The van der Waals surface area contributed by atoms with E-state index in [9.17, 15) is 5.11 Å². The van der Waals surface area contributed by atoms with Crippen molar-refractivity contribution in [2.45, 2.75) is 63.6 Å². The van der Waals surface area contributed by atoms with E-state index in [1.54, 1.807) is 0 Å². The van der Waals surface area contributed by atoms with Gasteiger partial charge in [-0.25, -0.2) is 9.97 Å². The Hall–Kier alpha value is -0.870. The van der Waals surface area contributed by atoms with Gasteiger partial charge in [0.2, 0.25) is 0 Å². The lowest BCUT2D eigenvalue weighted by Crippen LogP contribution is -2.45. The Bertz CT molecular complexity index is 466. The Morgan fingerprint density at radius 2 is 1.89 bits per heavy atom. The molecule has 0 radical (unpaired) electrons. The molecule has 0 saturated carbocycles. The predicted octanol–water partition coefficient (Wildman–Crippen LogP) is 2.75. The normalized spacial score (nSPS) is 30.2. The first-order valence-corrected chi connectivity index (χ1v) is 7.43. The van der Waals surface area contributed by atoms with Crippen molar-refractivity contribution in [2.24, 2.45) is 0 Å². The van der Waals surface area contributed by atoms with Gasteiger partial charge in [-0.15, -0.1) is 0 Å². The van der Waals surface area contributed by atoms with Gasteiger partial charge in [0.1, 0.15) is 16.8 Å². The molecule has 1 aromatic rings. The van der Waals surface area contributed by atoms with Gasteiger partial charge in [-0.05, 0) is 25.7 Å². The fourth-order valence-corrected chi connectivity index (χ4v) is 3.52. The van der Waals surface area contributed by atoms with E-state index >= 15 is 0 Å². The van der Waals surface area contributed by atoms with Gasteiger partial charge in [-0.1, -0.05) is 25.4 Å². The van der Waals surface area contributed by atoms with Crippen LogP contribution in [0.1, 0.15) is 51.3 Å². The molecule has 0 aliphatic carbocycles. The predicted molar refractivity (Wildman–Crippen MR) is 75.7 cm³/mol. The number of hydrogen-bond acceptors (Lipinski definition) is 4. The first-order valence-electron chi connectivity index (χ1n) is 7.05. The van der Waals surface area contributed by atoms with E-state index in [0.717, 1.165) is 37.3 Å². The van der Waals surface area contributed by atoms with Gasteiger partial charge in [0.05, 0.1) is 6.10 Å². The van der Waals surface area contributed by atoms with Crippen molar-refractivity contribution in [2.75, 3.05) is 4.90 Å². The van der Waals surface area contributed by atoms with Gasteiger partial charge >= 0.3 is 0 Å². The van der Waals surface area contributed by atoms with E-state index in [2.05, 4.69) is 28.7 Å². The van der Waals surface area contributed by atoms with Crippen LogP contribution in [0.5, 0.6) is 0 Å². The van der Waals surface area contributed by atoms with Crippen LogP contribution in [0.2, 0.25) is 5.15 Å². The van der Waals surface area contributed by atoms with E-state index in [1.165, 1.54) is 0 Å². The third kappa shape index (κ3) is 2.43. The summed E-state index contributed by atoms with van der Waals surface area (Å²) in [6.45, 7) is 4.15. The van der Waals surface area contributed by atoms with Crippen molar-refractivity contribution >= 4 is 17.4 Å². The fourth-order valence-electron chi connectivity index (χ4n) is 3.34. The number of nitrogens with zero attached hydrogens (tertiary/aromatic N) is 3. The zero-order valence-corrected chi connectivity index (χ0v) is 12.1. The van der Waals surface area contributed by atoms with E-state index in [4.69, 9.17) is 11.6 Å². The molecule has 2 bridgehead atoms. The molecule has 0 amide bonds. The molecule has 3 heterocycles. The zero-order valence-electron chi connectivity index (χ0n) is 11.4. The molecular formula is C14H20ClN3O. The second-order valence-electron chi connectivity index (χ2n) is 5.98. The number of anilines is 1. The molecule has 2 saturated heterocycles. The van der Waals surface area contributed by atoms with Crippen LogP contribution in [0.25, 0.3) is 0 Å². The van der Waals surface area contributed by atoms with Crippen LogP contribution >= 0.6 is 11.6 Å². The molecule has 19 heavy (non-hydrogen) atoms. The first kappa shape index (κ1) is 13.1. The highest BCUT2D eigenvalue weighted by atomic mass is 35.5. The molecule has 0 spiro atoms. The van der Waals surface area contributed by atoms with E-state index in [0.29, 0.717) is 17.2 Å². The van der Waals surface area contributed by atoms with Crippen LogP contribution in [-0.2, 0) is 0 Å². The van der Waals surface area contributed by atoms with Crippen LogP contribution in [-0.4, -0.2) is 33.3 Å². The monoisotopic (exact) mass is 281 g/mol. The lowest BCUT2D eigenvalue weighted by atomic mass is 10.00. The third-order valence-electron chi connectivity index (χ3n) is 4.19. The quantitative estimate of drug-likeness (QED) is 0.847. The van der Waals surface area contributed by atoms with Crippen molar-refractivity contribution in [1.29, 1.82) is 0 Å². The molecule has 2 aliphatic rings. The number of hydrogen-bond donors (Lipinski definition) is 1. The lowest BCUT2D eigenvalue weighted by Gasteiger charge is -2.38. The number of rotatable bonds is 2. The molecule has 2 atom stereocenters. The van der Waals surface area contributed by atoms with Crippen molar-refractivity contribution in [1.82, 2.24) is 9.97 Å². The van der Waals surface area contributed by atoms with E-state index in [-0.39, 0.29) is 12.0 Å². The average Bonchev–Trinajstić information content (AvgIpc) is 2.61. The number of halogens is 1. The largest absolute Gasteiger partial charge is 0.393 e. The van der Waals surface area contributed by atoms with Gasteiger partial charge in [-0.2, -0.15) is 0 Å². The fraction of sp³-hybridized carbons (Fsp3) is 0.714. The average molecular weight is 282 g/mol. The number of aliphatic hydroxyl groups is 1. The Morgan fingerprint density at radius 3 is 2.47 bits per heavy atom. The second-order valence-corrected chi connectivity index (χ2v) is 6.37. The molecule has 104 valence electrons. The highest BCUT2D eigenvalue weighted by molar-refractivity contribution is 6.29. The Balaban J connectivity index is 1.94. The maximum absolute atomic E-state index is 9.87. The molecular weight excluding hydrogens is 262 g/mol. The summed E-state index contributed by atoms with van der Waals surface area (Å²) in [4.78, 5) is 11.3. The molecule has 1 N–H and O–H groups in total. The maximum Gasteiger partial charge on any atom is 0.135 e. The number of piperidine rings is 1. The molecule has 4 nitrogen and oxygen atoms in total. The zero-order chi connectivity index (χ0) is 13.6. The number of fused-ring (bicyclic) bond motifs is 2.